The maximum absolute atomic E-state index is 6.12. The predicted octanol–water partition coefficient (Wildman–Crippen LogP) is 1.58. The van der Waals surface area contributed by atoms with E-state index in [9.17, 15) is 0 Å². The summed E-state index contributed by atoms with van der Waals surface area (Å²) >= 11 is 0. The van der Waals surface area contributed by atoms with Crippen molar-refractivity contribution in [3.63, 3.8) is 0 Å². The summed E-state index contributed by atoms with van der Waals surface area (Å²) in [5.74, 6) is 0. The second kappa shape index (κ2) is 5.03. The normalized spacial score (nSPS) is 30.9. The van der Waals surface area contributed by atoms with Crippen molar-refractivity contribution < 1.29 is 9.15 Å². The standard InChI is InChI=1S/C14H22N2O2/c1-15-6-8-18-14(11-15)4-2-5-16(12-14)9-13-3-7-17-10-13/h3,7,10H,2,4-6,8-9,11-12H2,1H3. The lowest BCUT2D eigenvalue weighted by Crippen LogP contribution is -2.58. The number of furan rings is 1. The number of hydrogen-bond acceptors (Lipinski definition) is 4. The van der Waals surface area contributed by atoms with Crippen molar-refractivity contribution in [2.75, 3.05) is 39.8 Å². The van der Waals surface area contributed by atoms with Gasteiger partial charge in [-0.3, -0.25) is 4.90 Å². The number of likely N-dealkylation sites (tertiary alicyclic amines) is 1. The Kier molecular flexibility index (Phi) is 3.41. The van der Waals surface area contributed by atoms with Gasteiger partial charge in [-0.25, -0.2) is 0 Å². The molecule has 1 aromatic rings. The van der Waals surface area contributed by atoms with Crippen LogP contribution in [0.5, 0.6) is 0 Å². The molecule has 100 valence electrons. The van der Waals surface area contributed by atoms with Gasteiger partial charge in [0, 0.05) is 31.7 Å². The first-order valence-electron chi connectivity index (χ1n) is 6.82. The highest BCUT2D eigenvalue weighted by Gasteiger charge is 2.39. The monoisotopic (exact) mass is 250 g/mol. The molecule has 2 saturated heterocycles. The van der Waals surface area contributed by atoms with Crippen LogP contribution in [0.15, 0.2) is 23.0 Å². The van der Waals surface area contributed by atoms with E-state index in [1.54, 1.807) is 6.26 Å². The third kappa shape index (κ3) is 2.60. The number of morpholine rings is 1. The molecule has 1 aromatic heterocycles. The van der Waals surface area contributed by atoms with Crippen LogP contribution in [0.4, 0.5) is 0 Å². The third-order valence-corrected chi connectivity index (χ3v) is 4.04. The van der Waals surface area contributed by atoms with Crippen LogP contribution < -0.4 is 0 Å². The van der Waals surface area contributed by atoms with Gasteiger partial charge in [-0.15, -0.1) is 0 Å². The Hall–Kier alpha value is -0.840. The van der Waals surface area contributed by atoms with E-state index in [4.69, 9.17) is 9.15 Å². The van der Waals surface area contributed by atoms with Crippen LogP contribution in [0.2, 0.25) is 0 Å². The van der Waals surface area contributed by atoms with Gasteiger partial charge >= 0.3 is 0 Å². The van der Waals surface area contributed by atoms with Gasteiger partial charge in [0.15, 0.2) is 0 Å². The Morgan fingerprint density at radius 3 is 3.06 bits per heavy atom. The minimum Gasteiger partial charge on any atom is -0.472 e. The van der Waals surface area contributed by atoms with E-state index in [1.165, 1.54) is 24.9 Å². The lowest BCUT2D eigenvalue weighted by molar-refractivity contribution is -0.136. The highest BCUT2D eigenvalue weighted by molar-refractivity contribution is 5.06. The zero-order chi connectivity index (χ0) is 12.4. The average molecular weight is 250 g/mol. The van der Waals surface area contributed by atoms with Gasteiger partial charge in [0.1, 0.15) is 0 Å². The summed E-state index contributed by atoms with van der Waals surface area (Å²) in [7, 11) is 2.19. The second-order valence-electron chi connectivity index (χ2n) is 5.72. The molecule has 18 heavy (non-hydrogen) atoms. The summed E-state index contributed by atoms with van der Waals surface area (Å²) in [6, 6.07) is 2.05. The SMILES string of the molecule is CN1CCOC2(CCCN(Cc3ccoc3)C2)C1. The molecule has 2 fully saturated rings. The largest absolute Gasteiger partial charge is 0.472 e. The molecule has 2 aliphatic rings. The van der Waals surface area contributed by atoms with E-state index in [0.717, 1.165) is 32.8 Å². The van der Waals surface area contributed by atoms with E-state index < -0.39 is 0 Å². The fraction of sp³-hybridized carbons (Fsp3) is 0.714. The van der Waals surface area contributed by atoms with Crippen LogP contribution in [0.25, 0.3) is 0 Å². The van der Waals surface area contributed by atoms with E-state index in [2.05, 4.69) is 22.9 Å². The molecule has 0 aliphatic carbocycles. The van der Waals surface area contributed by atoms with Gasteiger partial charge in [0.25, 0.3) is 0 Å². The van der Waals surface area contributed by atoms with Gasteiger partial charge in [0.2, 0.25) is 0 Å². The summed E-state index contributed by atoms with van der Waals surface area (Å²) < 4.78 is 11.3. The van der Waals surface area contributed by atoms with Crippen molar-refractivity contribution >= 4 is 0 Å². The molecular weight excluding hydrogens is 228 g/mol. The smallest absolute Gasteiger partial charge is 0.0947 e. The van der Waals surface area contributed by atoms with Crippen LogP contribution in [0, 0.1) is 0 Å². The Labute approximate surface area is 108 Å². The van der Waals surface area contributed by atoms with Crippen LogP contribution in [-0.4, -0.2) is 55.2 Å². The molecule has 1 atom stereocenters. The molecular formula is C14H22N2O2. The van der Waals surface area contributed by atoms with E-state index in [-0.39, 0.29) is 5.60 Å². The fourth-order valence-electron chi connectivity index (χ4n) is 3.25. The van der Waals surface area contributed by atoms with Crippen molar-refractivity contribution in [3.8, 4) is 0 Å². The molecule has 0 amide bonds. The first-order valence-corrected chi connectivity index (χ1v) is 6.82. The Morgan fingerprint density at radius 1 is 1.33 bits per heavy atom. The summed E-state index contributed by atoms with van der Waals surface area (Å²) in [6.45, 7) is 6.18. The molecule has 4 heteroatoms. The molecule has 3 heterocycles. The number of likely N-dealkylation sites (N-methyl/N-ethyl adjacent to an activating group) is 1. The van der Waals surface area contributed by atoms with Crippen LogP contribution >= 0.6 is 0 Å². The summed E-state index contributed by atoms with van der Waals surface area (Å²) in [6.07, 6.45) is 6.01. The molecule has 0 aromatic carbocycles. The van der Waals surface area contributed by atoms with E-state index >= 15 is 0 Å². The fourth-order valence-corrected chi connectivity index (χ4v) is 3.25. The van der Waals surface area contributed by atoms with Crippen LogP contribution in [0.1, 0.15) is 18.4 Å². The highest BCUT2D eigenvalue weighted by Crippen LogP contribution is 2.29. The lowest BCUT2D eigenvalue weighted by atomic mass is 9.90. The molecule has 0 N–H and O–H groups in total. The van der Waals surface area contributed by atoms with Gasteiger partial charge in [-0.2, -0.15) is 0 Å². The number of ether oxygens (including phenoxy) is 1. The molecule has 1 spiro atoms. The van der Waals surface area contributed by atoms with Gasteiger partial charge < -0.3 is 14.1 Å². The molecule has 0 radical (unpaired) electrons. The summed E-state index contributed by atoms with van der Waals surface area (Å²) in [5, 5.41) is 0. The van der Waals surface area contributed by atoms with Crippen molar-refractivity contribution in [3.05, 3.63) is 24.2 Å². The molecule has 0 bridgehead atoms. The zero-order valence-corrected chi connectivity index (χ0v) is 11.1. The Bertz CT molecular complexity index is 375. The highest BCUT2D eigenvalue weighted by atomic mass is 16.5. The topological polar surface area (TPSA) is 28.9 Å². The minimum absolute atomic E-state index is 0.0645. The Balaban J connectivity index is 1.64. The molecule has 3 rings (SSSR count). The first kappa shape index (κ1) is 12.2. The quantitative estimate of drug-likeness (QED) is 0.797. The number of nitrogens with zero attached hydrogens (tertiary/aromatic N) is 2. The van der Waals surface area contributed by atoms with Crippen molar-refractivity contribution in [2.45, 2.75) is 25.0 Å². The summed E-state index contributed by atoms with van der Waals surface area (Å²) in [4.78, 5) is 4.89. The number of piperidine rings is 1. The maximum atomic E-state index is 6.12. The van der Waals surface area contributed by atoms with E-state index in [1.807, 2.05) is 6.26 Å². The second-order valence-corrected chi connectivity index (χ2v) is 5.72. The zero-order valence-electron chi connectivity index (χ0n) is 11.1. The molecule has 0 saturated carbocycles. The molecule has 1 unspecified atom stereocenters. The first-order chi connectivity index (χ1) is 8.76. The molecule has 4 nitrogen and oxygen atoms in total. The van der Waals surface area contributed by atoms with Gasteiger partial charge in [0.05, 0.1) is 24.7 Å². The van der Waals surface area contributed by atoms with Crippen molar-refractivity contribution in [1.29, 1.82) is 0 Å². The lowest BCUT2D eigenvalue weighted by Gasteiger charge is -2.47. The Morgan fingerprint density at radius 2 is 2.28 bits per heavy atom. The third-order valence-electron chi connectivity index (χ3n) is 4.04. The van der Waals surface area contributed by atoms with Gasteiger partial charge in [-0.05, 0) is 32.5 Å². The van der Waals surface area contributed by atoms with Crippen molar-refractivity contribution in [1.82, 2.24) is 9.80 Å². The van der Waals surface area contributed by atoms with Crippen LogP contribution in [-0.2, 0) is 11.3 Å². The van der Waals surface area contributed by atoms with Crippen molar-refractivity contribution in [2.24, 2.45) is 0 Å². The van der Waals surface area contributed by atoms with Gasteiger partial charge in [-0.1, -0.05) is 0 Å². The molecule has 2 aliphatic heterocycles. The summed E-state index contributed by atoms with van der Waals surface area (Å²) in [5.41, 5.74) is 1.32. The van der Waals surface area contributed by atoms with Crippen LogP contribution in [0.3, 0.4) is 0 Å². The minimum atomic E-state index is 0.0645. The number of hydrogen-bond donors (Lipinski definition) is 0. The average Bonchev–Trinajstić information content (AvgIpc) is 2.81. The van der Waals surface area contributed by atoms with E-state index in [0.29, 0.717) is 0 Å². The number of rotatable bonds is 2. The maximum Gasteiger partial charge on any atom is 0.0947 e. The predicted molar refractivity (Wildman–Crippen MR) is 69.4 cm³/mol.